The molecule has 0 bridgehead atoms. The van der Waals surface area contributed by atoms with Gasteiger partial charge in [0.25, 0.3) is 5.91 Å². The van der Waals surface area contributed by atoms with Crippen LogP contribution in [0.4, 0.5) is 4.39 Å². The Morgan fingerprint density at radius 2 is 1.97 bits per heavy atom. The van der Waals surface area contributed by atoms with Gasteiger partial charge in [0.05, 0.1) is 30.9 Å². The fraction of sp³-hybridized carbons (Fsp3) is 0.208. The highest BCUT2D eigenvalue weighted by atomic mass is 19.1. The Morgan fingerprint density at radius 1 is 1.22 bits per heavy atom. The molecule has 1 saturated heterocycles. The molecular formula is C24H24FN5O2. The van der Waals surface area contributed by atoms with Crippen LogP contribution in [0.25, 0.3) is 11.8 Å². The summed E-state index contributed by atoms with van der Waals surface area (Å²) in [5, 5.41) is 3.10. The molecule has 1 N–H and O–H groups in total. The molecule has 1 aromatic heterocycles. The summed E-state index contributed by atoms with van der Waals surface area (Å²) in [4.78, 5) is 23.3. The van der Waals surface area contributed by atoms with Crippen molar-refractivity contribution in [2.45, 2.75) is 19.9 Å². The number of aromatic nitrogens is 2. The number of imidazole rings is 1. The largest absolute Gasteiger partial charge is 0.495 e. The lowest BCUT2D eigenvalue weighted by atomic mass is 10.1. The van der Waals surface area contributed by atoms with Crippen LogP contribution in [0, 0.1) is 12.7 Å². The van der Waals surface area contributed by atoms with Crippen molar-refractivity contribution in [3.63, 3.8) is 0 Å². The number of benzene rings is 2. The van der Waals surface area contributed by atoms with Crippen LogP contribution in [0.2, 0.25) is 0 Å². The van der Waals surface area contributed by atoms with Gasteiger partial charge in [-0.15, -0.1) is 0 Å². The van der Waals surface area contributed by atoms with Crippen LogP contribution in [-0.2, 0) is 4.79 Å². The molecule has 2 aromatic carbocycles. The number of carbonyl (C=O) groups excluding carboxylic acids is 1. The van der Waals surface area contributed by atoms with Crippen LogP contribution in [-0.4, -0.2) is 40.5 Å². The monoisotopic (exact) mass is 433 g/mol. The smallest absolute Gasteiger partial charge is 0.277 e. The number of ether oxygens (including phenoxy) is 1. The maximum absolute atomic E-state index is 13.3. The van der Waals surface area contributed by atoms with Gasteiger partial charge >= 0.3 is 0 Å². The number of rotatable bonds is 5. The topological polar surface area (TPSA) is 71.7 Å². The highest BCUT2D eigenvalue weighted by Gasteiger charge is 2.35. The highest BCUT2D eigenvalue weighted by molar-refractivity contribution is 6.15. The molecule has 3 aromatic rings. The molecule has 1 aliphatic rings. The van der Waals surface area contributed by atoms with E-state index in [9.17, 15) is 9.18 Å². The van der Waals surface area contributed by atoms with Crippen molar-refractivity contribution in [3.8, 4) is 11.4 Å². The molecule has 0 aliphatic carbocycles. The summed E-state index contributed by atoms with van der Waals surface area (Å²) in [5.74, 6) is 0.564. The maximum atomic E-state index is 13.3. The first kappa shape index (κ1) is 21.3. The number of amides is 1. The van der Waals surface area contributed by atoms with Crippen molar-refractivity contribution in [1.82, 2.24) is 19.8 Å². The standard InChI is InChI=1S/C24H24FN5O2/c1-15-13-29(14-27-15)21-10-5-17(12-22(21)32-4)11-20-23(31)30(24(26-3)28-20)16(2)18-6-8-19(25)9-7-18/h5-14,16H,1-4H3,(H,26,28)/b20-11-. The minimum Gasteiger partial charge on any atom is -0.495 e. The average Bonchev–Trinajstić information content (AvgIpc) is 3.36. The Morgan fingerprint density at radius 3 is 2.59 bits per heavy atom. The van der Waals surface area contributed by atoms with Gasteiger partial charge in [0.1, 0.15) is 17.3 Å². The molecular weight excluding hydrogens is 409 g/mol. The summed E-state index contributed by atoms with van der Waals surface area (Å²) >= 11 is 0. The van der Waals surface area contributed by atoms with E-state index < -0.39 is 0 Å². The molecule has 0 spiro atoms. The first-order chi connectivity index (χ1) is 15.4. The van der Waals surface area contributed by atoms with Crippen LogP contribution < -0.4 is 10.1 Å². The van der Waals surface area contributed by atoms with Crippen LogP contribution >= 0.6 is 0 Å². The number of hydrogen-bond acceptors (Lipinski definition) is 4. The molecule has 1 amide bonds. The quantitative estimate of drug-likeness (QED) is 0.621. The van der Waals surface area contributed by atoms with Gasteiger partial charge in [-0.2, -0.15) is 0 Å². The van der Waals surface area contributed by atoms with Gasteiger partial charge in [-0.1, -0.05) is 18.2 Å². The lowest BCUT2D eigenvalue weighted by Gasteiger charge is -2.23. The number of aryl methyl sites for hydroxylation is 1. The second-order valence-electron chi connectivity index (χ2n) is 7.49. The third-order valence-corrected chi connectivity index (χ3v) is 5.38. The molecule has 1 fully saturated rings. The van der Waals surface area contributed by atoms with Gasteiger partial charge < -0.3 is 14.6 Å². The van der Waals surface area contributed by atoms with Crippen molar-refractivity contribution in [1.29, 1.82) is 0 Å². The molecule has 1 unspecified atom stereocenters. The molecule has 0 saturated carbocycles. The third-order valence-electron chi connectivity index (χ3n) is 5.38. The second kappa shape index (κ2) is 8.66. The molecule has 2 heterocycles. The first-order valence-corrected chi connectivity index (χ1v) is 10.1. The number of hydrogen-bond donors (Lipinski definition) is 1. The van der Waals surface area contributed by atoms with Gasteiger partial charge in [-0.25, -0.2) is 9.37 Å². The van der Waals surface area contributed by atoms with Crippen LogP contribution in [0.5, 0.6) is 5.75 Å². The van der Waals surface area contributed by atoms with E-state index in [1.165, 1.54) is 12.1 Å². The van der Waals surface area contributed by atoms with E-state index in [2.05, 4.69) is 15.3 Å². The van der Waals surface area contributed by atoms with E-state index in [1.54, 1.807) is 43.6 Å². The number of aliphatic imine (C=N–C) groups is 1. The molecule has 7 nitrogen and oxygen atoms in total. The zero-order valence-corrected chi connectivity index (χ0v) is 18.3. The number of halogens is 1. The van der Waals surface area contributed by atoms with Gasteiger partial charge in [0, 0.05) is 13.2 Å². The minimum atomic E-state index is -0.319. The Bertz CT molecular complexity index is 1210. The summed E-state index contributed by atoms with van der Waals surface area (Å²) in [6.45, 7) is 3.80. The van der Waals surface area contributed by atoms with Crippen molar-refractivity contribution in [2.24, 2.45) is 4.99 Å². The zero-order valence-electron chi connectivity index (χ0n) is 18.3. The van der Waals surface area contributed by atoms with E-state index in [-0.39, 0.29) is 17.8 Å². The van der Waals surface area contributed by atoms with E-state index in [0.29, 0.717) is 17.4 Å². The number of methoxy groups -OCH3 is 1. The summed E-state index contributed by atoms with van der Waals surface area (Å²) in [6, 6.07) is 11.5. The molecule has 164 valence electrons. The van der Waals surface area contributed by atoms with Gasteiger partial charge in [-0.3, -0.25) is 14.7 Å². The van der Waals surface area contributed by atoms with Gasteiger partial charge in [0.2, 0.25) is 5.96 Å². The SMILES string of the molecule is C/N=C1\N/C(=C\c2ccc(-n3cnc(C)c3)c(OC)c2)C(=O)N1C(C)c1ccc(F)cc1. The summed E-state index contributed by atoms with van der Waals surface area (Å²) in [7, 11) is 3.22. The van der Waals surface area contributed by atoms with Crippen LogP contribution in [0.15, 0.2) is 65.7 Å². The molecule has 4 rings (SSSR count). The zero-order chi connectivity index (χ0) is 22.8. The fourth-order valence-corrected chi connectivity index (χ4v) is 3.69. The highest BCUT2D eigenvalue weighted by Crippen LogP contribution is 2.29. The molecule has 1 aliphatic heterocycles. The number of carbonyl (C=O) groups is 1. The lowest BCUT2D eigenvalue weighted by molar-refractivity contribution is -0.123. The number of nitrogens with one attached hydrogen (secondary N) is 1. The van der Waals surface area contributed by atoms with Crippen molar-refractivity contribution < 1.29 is 13.9 Å². The van der Waals surface area contributed by atoms with Gasteiger partial charge in [0.15, 0.2) is 0 Å². The Balaban J connectivity index is 1.64. The summed E-state index contributed by atoms with van der Waals surface area (Å²) in [6.07, 6.45) is 5.40. The Kier molecular flexibility index (Phi) is 5.77. The molecule has 1 atom stereocenters. The molecule has 0 radical (unpaired) electrons. The van der Waals surface area contributed by atoms with Crippen LogP contribution in [0.1, 0.15) is 29.8 Å². The van der Waals surface area contributed by atoms with E-state index in [1.807, 2.05) is 42.8 Å². The average molecular weight is 433 g/mol. The predicted molar refractivity (Wildman–Crippen MR) is 121 cm³/mol. The van der Waals surface area contributed by atoms with E-state index in [4.69, 9.17) is 4.74 Å². The fourth-order valence-electron chi connectivity index (χ4n) is 3.69. The second-order valence-corrected chi connectivity index (χ2v) is 7.49. The normalized spacial score (nSPS) is 17.2. The first-order valence-electron chi connectivity index (χ1n) is 10.1. The Labute approximate surface area is 185 Å². The summed E-state index contributed by atoms with van der Waals surface area (Å²) < 4.78 is 20.8. The van der Waals surface area contributed by atoms with Crippen LogP contribution in [0.3, 0.4) is 0 Å². The van der Waals surface area contributed by atoms with E-state index >= 15 is 0 Å². The minimum absolute atomic E-state index is 0.212. The Hall–Kier alpha value is -3.94. The predicted octanol–water partition coefficient (Wildman–Crippen LogP) is 3.85. The van der Waals surface area contributed by atoms with Crippen molar-refractivity contribution in [3.05, 3.63) is 83.3 Å². The van der Waals surface area contributed by atoms with Crippen molar-refractivity contribution in [2.75, 3.05) is 14.2 Å². The number of guanidine groups is 1. The van der Waals surface area contributed by atoms with Gasteiger partial charge in [-0.05, 0) is 55.3 Å². The van der Waals surface area contributed by atoms with Crippen molar-refractivity contribution >= 4 is 17.9 Å². The third kappa shape index (κ3) is 3.99. The molecule has 8 heteroatoms. The van der Waals surface area contributed by atoms with E-state index in [0.717, 1.165) is 22.5 Å². The molecule has 32 heavy (non-hydrogen) atoms. The lowest BCUT2D eigenvalue weighted by Crippen LogP contribution is -2.34. The number of nitrogens with zero attached hydrogens (tertiary/aromatic N) is 4. The summed E-state index contributed by atoms with van der Waals surface area (Å²) in [5.41, 5.74) is 3.76. The maximum Gasteiger partial charge on any atom is 0.277 e.